The highest BCUT2D eigenvalue weighted by molar-refractivity contribution is 7.09. The quantitative estimate of drug-likeness (QED) is 0.597. The molecular formula is C20H21N5O4S. The van der Waals surface area contributed by atoms with Crippen LogP contribution in [0.25, 0.3) is 11.0 Å². The second-order valence-corrected chi connectivity index (χ2v) is 7.85. The number of anilines is 1. The normalized spacial score (nSPS) is 14.4. The molecule has 156 valence electrons. The Bertz CT molecular complexity index is 1180. The van der Waals surface area contributed by atoms with Crippen molar-refractivity contribution in [3.8, 4) is 0 Å². The van der Waals surface area contributed by atoms with Gasteiger partial charge in [-0.25, -0.2) is 14.8 Å². The summed E-state index contributed by atoms with van der Waals surface area (Å²) < 4.78 is 7.01. The topological polar surface area (TPSA) is 120 Å². The van der Waals surface area contributed by atoms with Gasteiger partial charge < -0.3 is 19.9 Å². The van der Waals surface area contributed by atoms with Gasteiger partial charge in [-0.1, -0.05) is 0 Å². The Morgan fingerprint density at radius 3 is 2.63 bits per heavy atom. The van der Waals surface area contributed by atoms with E-state index in [1.807, 2.05) is 17.2 Å². The van der Waals surface area contributed by atoms with Crippen LogP contribution >= 0.6 is 11.3 Å². The van der Waals surface area contributed by atoms with Gasteiger partial charge in [0.1, 0.15) is 22.0 Å². The molecule has 1 fully saturated rings. The molecule has 0 aromatic carbocycles. The summed E-state index contributed by atoms with van der Waals surface area (Å²) >= 11 is 1.46. The molecule has 0 spiro atoms. The lowest BCUT2D eigenvalue weighted by molar-refractivity contribution is 0.0524. The van der Waals surface area contributed by atoms with Crippen LogP contribution in [0.4, 0.5) is 5.82 Å². The van der Waals surface area contributed by atoms with E-state index in [9.17, 15) is 14.4 Å². The first-order valence-electron chi connectivity index (χ1n) is 9.64. The largest absolute Gasteiger partial charge is 0.462 e. The molecule has 3 aromatic heterocycles. The second-order valence-electron chi connectivity index (χ2n) is 6.93. The van der Waals surface area contributed by atoms with Crippen molar-refractivity contribution in [1.82, 2.24) is 14.5 Å². The summed E-state index contributed by atoms with van der Waals surface area (Å²) in [6.45, 7) is 5.09. The third kappa shape index (κ3) is 3.13. The van der Waals surface area contributed by atoms with Gasteiger partial charge in [0.05, 0.1) is 23.6 Å². The summed E-state index contributed by atoms with van der Waals surface area (Å²) in [5.74, 6) is -1.06. The molecule has 1 atom stereocenters. The van der Waals surface area contributed by atoms with Gasteiger partial charge in [0.15, 0.2) is 0 Å². The monoisotopic (exact) mass is 427 g/mol. The van der Waals surface area contributed by atoms with Crippen molar-refractivity contribution >= 4 is 40.1 Å². The highest BCUT2D eigenvalue weighted by atomic mass is 32.1. The van der Waals surface area contributed by atoms with E-state index >= 15 is 0 Å². The molecule has 9 nitrogen and oxygen atoms in total. The van der Waals surface area contributed by atoms with Gasteiger partial charge in [-0.15, -0.1) is 11.3 Å². The third-order valence-corrected chi connectivity index (χ3v) is 6.11. The molecule has 0 saturated carbocycles. The smallest absolute Gasteiger partial charge is 0.345 e. The van der Waals surface area contributed by atoms with Crippen molar-refractivity contribution in [2.75, 3.05) is 24.6 Å². The molecule has 2 N–H and O–H groups in total. The minimum absolute atomic E-state index is 0.0146. The number of amides is 1. The van der Waals surface area contributed by atoms with Crippen molar-refractivity contribution in [3.05, 3.63) is 50.2 Å². The predicted molar refractivity (Wildman–Crippen MR) is 113 cm³/mol. The number of carbonyl (C=O) groups is 2. The van der Waals surface area contributed by atoms with E-state index < -0.39 is 17.3 Å². The van der Waals surface area contributed by atoms with Gasteiger partial charge in [0.2, 0.25) is 11.3 Å². The molecule has 10 heteroatoms. The molecule has 1 saturated heterocycles. The number of fused-ring (bicyclic) bond motifs is 1. The Hall–Kier alpha value is -3.27. The molecule has 3 aromatic rings. The van der Waals surface area contributed by atoms with Gasteiger partial charge in [-0.2, -0.15) is 0 Å². The summed E-state index contributed by atoms with van der Waals surface area (Å²) in [6, 6.07) is 1.05. The molecular weight excluding hydrogens is 406 g/mol. The zero-order valence-electron chi connectivity index (χ0n) is 16.6. The lowest BCUT2D eigenvalue weighted by atomic mass is 10.0. The number of esters is 1. The minimum Gasteiger partial charge on any atom is -0.462 e. The molecule has 0 bridgehead atoms. The molecule has 4 heterocycles. The summed E-state index contributed by atoms with van der Waals surface area (Å²) in [4.78, 5) is 49.3. The fraction of sp³-hybridized carbons (Fsp3) is 0.350. The number of rotatable bonds is 6. The van der Waals surface area contributed by atoms with Crippen LogP contribution in [-0.2, 0) is 4.74 Å². The molecule has 1 aliphatic heterocycles. The van der Waals surface area contributed by atoms with E-state index in [0.717, 1.165) is 11.4 Å². The first-order chi connectivity index (χ1) is 14.5. The molecule has 0 radical (unpaired) electrons. The summed E-state index contributed by atoms with van der Waals surface area (Å²) in [7, 11) is 0. The van der Waals surface area contributed by atoms with Gasteiger partial charge in [0, 0.05) is 30.9 Å². The zero-order valence-corrected chi connectivity index (χ0v) is 17.4. The predicted octanol–water partition coefficient (Wildman–Crippen LogP) is 1.95. The lowest BCUT2D eigenvalue weighted by Crippen LogP contribution is -2.43. The van der Waals surface area contributed by atoms with Crippen molar-refractivity contribution in [3.63, 3.8) is 0 Å². The number of carbonyl (C=O) groups excluding carboxylic acids is 2. The Balaban J connectivity index is 2.16. The van der Waals surface area contributed by atoms with Crippen LogP contribution in [0.5, 0.6) is 0 Å². The van der Waals surface area contributed by atoms with Crippen LogP contribution < -0.4 is 16.1 Å². The van der Waals surface area contributed by atoms with Crippen LogP contribution in [0, 0.1) is 0 Å². The van der Waals surface area contributed by atoms with Gasteiger partial charge in [-0.3, -0.25) is 9.59 Å². The standard InChI is InChI=1S/C20H21N5O4S/c1-3-29-20(28)14-15(26)13-12(16(21)27)5-6-22-17(13)25(19(14)24-8-4-9-24)11(2)18-23-7-10-30-18/h5-7,10-11H,3-4,8-9H2,1-2H3,(H2,21,27). The number of nitrogens with zero attached hydrogens (tertiary/aromatic N) is 4. The highest BCUT2D eigenvalue weighted by Gasteiger charge is 2.33. The molecule has 1 amide bonds. The molecule has 30 heavy (non-hydrogen) atoms. The van der Waals surface area contributed by atoms with Crippen molar-refractivity contribution in [2.45, 2.75) is 26.3 Å². The number of primary amides is 1. The summed E-state index contributed by atoms with van der Waals surface area (Å²) in [5, 5.41) is 2.65. The maximum atomic E-state index is 13.5. The fourth-order valence-corrected chi connectivity index (χ4v) is 4.34. The lowest BCUT2D eigenvalue weighted by Gasteiger charge is -2.37. The van der Waals surface area contributed by atoms with E-state index in [1.54, 1.807) is 17.7 Å². The zero-order chi connectivity index (χ0) is 21.4. The van der Waals surface area contributed by atoms with Gasteiger partial charge >= 0.3 is 5.97 Å². The van der Waals surface area contributed by atoms with E-state index in [1.165, 1.54) is 23.6 Å². The van der Waals surface area contributed by atoms with E-state index in [0.29, 0.717) is 18.9 Å². The molecule has 1 unspecified atom stereocenters. The van der Waals surface area contributed by atoms with Crippen LogP contribution in [0.1, 0.15) is 52.0 Å². The number of thiazole rings is 1. The number of hydrogen-bond acceptors (Lipinski definition) is 8. The maximum Gasteiger partial charge on any atom is 0.345 e. The van der Waals surface area contributed by atoms with E-state index in [2.05, 4.69) is 9.97 Å². The summed E-state index contributed by atoms with van der Waals surface area (Å²) in [5.41, 5.74) is 5.13. The number of pyridine rings is 2. The third-order valence-electron chi connectivity index (χ3n) is 5.16. The van der Waals surface area contributed by atoms with Crippen molar-refractivity contribution in [2.24, 2.45) is 5.73 Å². The van der Waals surface area contributed by atoms with Gasteiger partial charge in [-0.05, 0) is 26.3 Å². The molecule has 1 aliphatic rings. The fourth-order valence-electron chi connectivity index (χ4n) is 3.65. The van der Waals surface area contributed by atoms with Crippen LogP contribution in [0.3, 0.4) is 0 Å². The number of nitrogens with two attached hydrogens (primary N) is 1. The average molecular weight is 427 g/mol. The Kier molecular flexibility index (Phi) is 5.25. The Morgan fingerprint density at radius 1 is 1.30 bits per heavy atom. The first kappa shape index (κ1) is 20.0. The van der Waals surface area contributed by atoms with E-state index in [-0.39, 0.29) is 34.8 Å². The SMILES string of the molecule is CCOC(=O)c1c(N2CCC2)n(C(C)c2nccs2)c2nccc(C(N)=O)c2c1=O. The first-order valence-corrected chi connectivity index (χ1v) is 10.5. The van der Waals surface area contributed by atoms with Crippen molar-refractivity contribution in [1.29, 1.82) is 0 Å². The van der Waals surface area contributed by atoms with E-state index in [4.69, 9.17) is 10.5 Å². The van der Waals surface area contributed by atoms with Gasteiger partial charge in [0.25, 0.3) is 0 Å². The Labute approximate surface area is 176 Å². The second kappa shape index (κ2) is 7.86. The summed E-state index contributed by atoms with van der Waals surface area (Å²) in [6.07, 6.45) is 4.07. The average Bonchev–Trinajstić information content (AvgIpc) is 3.21. The Morgan fingerprint density at radius 2 is 2.07 bits per heavy atom. The number of aromatic nitrogens is 3. The van der Waals surface area contributed by atoms with Crippen LogP contribution in [0.15, 0.2) is 28.6 Å². The highest BCUT2D eigenvalue weighted by Crippen LogP contribution is 2.34. The molecule has 0 aliphatic carbocycles. The van der Waals surface area contributed by atoms with Crippen LogP contribution in [-0.4, -0.2) is 46.1 Å². The number of ether oxygens (including phenoxy) is 1. The van der Waals surface area contributed by atoms with Crippen LogP contribution in [0.2, 0.25) is 0 Å². The minimum atomic E-state index is -0.764. The maximum absolute atomic E-state index is 13.5. The van der Waals surface area contributed by atoms with Crippen molar-refractivity contribution < 1.29 is 14.3 Å². The molecule has 4 rings (SSSR count). The number of hydrogen-bond donors (Lipinski definition) is 1.